The number of phenols is 1. The van der Waals surface area contributed by atoms with Crippen molar-refractivity contribution in [2.75, 3.05) is 0 Å². The molecule has 1 aliphatic rings. The summed E-state index contributed by atoms with van der Waals surface area (Å²) in [5.74, 6) is -0.163. The Hall–Kier alpha value is -3.85. The Morgan fingerprint density at radius 2 is 1.52 bits per heavy atom. The van der Waals surface area contributed by atoms with E-state index in [0.717, 1.165) is 33.0 Å². The lowest BCUT2D eigenvalue weighted by Gasteiger charge is -2.28. The Kier molecular flexibility index (Phi) is 4.14. The summed E-state index contributed by atoms with van der Waals surface area (Å²) in [6.45, 7) is 0. The predicted molar refractivity (Wildman–Crippen MR) is 115 cm³/mol. The number of benzene rings is 4. The van der Waals surface area contributed by atoms with E-state index in [1.165, 1.54) is 0 Å². The molecule has 0 saturated carbocycles. The maximum Gasteiger partial charge on any atom is 0.339 e. The van der Waals surface area contributed by atoms with Crippen LogP contribution in [-0.2, 0) is 4.74 Å². The molecular weight excluding hydrogens is 360 g/mol. The Labute approximate surface area is 168 Å². The zero-order valence-corrected chi connectivity index (χ0v) is 15.6. The SMILES string of the molecule is O=C(OC1C(c2ccccc2)=Cc2c(O)ccc3cccc1c23)c1ccccc1. The van der Waals surface area contributed by atoms with Crippen molar-refractivity contribution in [3.8, 4) is 5.75 Å². The molecule has 140 valence electrons. The Balaban J connectivity index is 1.70. The number of ether oxygens (including phenoxy) is 1. The number of hydrogen-bond donors (Lipinski definition) is 1. The summed E-state index contributed by atoms with van der Waals surface area (Å²) < 4.78 is 6.04. The van der Waals surface area contributed by atoms with Crippen LogP contribution in [0.3, 0.4) is 0 Å². The zero-order chi connectivity index (χ0) is 19.8. The van der Waals surface area contributed by atoms with Crippen molar-refractivity contribution in [3.05, 3.63) is 113 Å². The quantitative estimate of drug-likeness (QED) is 0.445. The lowest BCUT2D eigenvalue weighted by atomic mass is 9.83. The topological polar surface area (TPSA) is 46.5 Å². The average molecular weight is 378 g/mol. The highest BCUT2D eigenvalue weighted by atomic mass is 16.5. The van der Waals surface area contributed by atoms with Gasteiger partial charge in [-0.1, -0.05) is 72.8 Å². The van der Waals surface area contributed by atoms with Gasteiger partial charge in [0.05, 0.1) is 5.56 Å². The van der Waals surface area contributed by atoms with Crippen LogP contribution in [0.5, 0.6) is 5.75 Å². The first-order valence-corrected chi connectivity index (χ1v) is 9.50. The molecule has 0 saturated heterocycles. The van der Waals surface area contributed by atoms with E-state index < -0.39 is 6.10 Å². The molecule has 0 bridgehead atoms. The van der Waals surface area contributed by atoms with Gasteiger partial charge in [-0.3, -0.25) is 0 Å². The molecular formula is C26H18O3. The third-order valence-corrected chi connectivity index (χ3v) is 5.30. The van der Waals surface area contributed by atoms with Gasteiger partial charge in [0, 0.05) is 16.7 Å². The number of carbonyl (C=O) groups is 1. The fourth-order valence-electron chi connectivity index (χ4n) is 3.93. The minimum atomic E-state index is -0.567. The van der Waals surface area contributed by atoms with Gasteiger partial charge in [0.1, 0.15) is 5.75 Å². The van der Waals surface area contributed by atoms with Crippen molar-refractivity contribution in [3.63, 3.8) is 0 Å². The van der Waals surface area contributed by atoms with E-state index in [9.17, 15) is 9.90 Å². The van der Waals surface area contributed by atoms with E-state index in [1.807, 2.05) is 78.9 Å². The van der Waals surface area contributed by atoms with E-state index in [1.54, 1.807) is 18.2 Å². The van der Waals surface area contributed by atoms with Crippen LogP contribution in [0.25, 0.3) is 22.4 Å². The normalized spacial score (nSPS) is 15.0. The molecule has 0 radical (unpaired) electrons. The highest BCUT2D eigenvalue weighted by Crippen LogP contribution is 2.46. The largest absolute Gasteiger partial charge is 0.507 e. The maximum atomic E-state index is 12.9. The lowest BCUT2D eigenvalue weighted by molar-refractivity contribution is 0.0411. The van der Waals surface area contributed by atoms with Crippen molar-refractivity contribution in [1.82, 2.24) is 0 Å². The molecule has 0 heterocycles. The van der Waals surface area contributed by atoms with Crippen molar-refractivity contribution < 1.29 is 14.6 Å². The van der Waals surface area contributed by atoms with Crippen LogP contribution in [0, 0.1) is 0 Å². The van der Waals surface area contributed by atoms with E-state index in [0.29, 0.717) is 5.56 Å². The number of carbonyl (C=O) groups excluding carboxylic acids is 1. The monoisotopic (exact) mass is 378 g/mol. The van der Waals surface area contributed by atoms with Crippen LogP contribution in [0.1, 0.15) is 33.2 Å². The number of esters is 1. The molecule has 1 N–H and O–H groups in total. The van der Waals surface area contributed by atoms with Gasteiger partial charge in [0.25, 0.3) is 0 Å². The van der Waals surface area contributed by atoms with Gasteiger partial charge < -0.3 is 9.84 Å². The van der Waals surface area contributed by atoms with Crippen LogP contribution in [0.2, 0.25) is 0 Å². The van der Waals surface area contributed by atoms with Gasteiger partial charge in [-0.15, -0.1) is 0 Å². The van der Waals surface area contributed by atoms with E-state index in [-0.39, 0.29) is 11.7 Å². The van der Waals surface area contributed by atoms with Crippen LogP contribution in [0.4, 0.5) is 0 Å². The number of rotatable bonds is 3. The molecule has 4 aromatic rings. The summed E-state index contributed by atoms with van der Waals surface area (Å²) in [5.41, 5.74) is 3.93. The van der Waals surface area contributed by atoms with Gasteiger partial charge >= 0.3 is 5.97 Å². The van der Waals surface area contributed by atoms with Crippen LogP contribution in [0.15, 0.2) is 91.0 Å². The summed E-state index contributed by atoms with van der Waals surface area (Å²) in [6, 6.07) is 28.3. The van der Waals surface area contributed by atoms with Gasteiger partial charge in [0.2, 0.25) is 0 Å². The molecule has 5 rings (SSSR count). The molecule has 3 nitrogen and oxygen atoms in total. The van der Waals surface area contributed by atoms with Crippen molar-refractivity contribution in [2.45, 2.75) is 6.10 Å². The van der Waals surface area contributed by atoms with E-state index in [2.05, 4.69) is 0 Å². The standard InChI is InChI=1S/C26H18O3/c27-23-15-14-18-12-7-13-20-24(18)22(23)16-21(17-8-3-1-4-9-17)25(20)29-26(28)19-10-5-2-6-11-19/h1-16,25,27H. The van der Waals surface area contributed by atoms with Gasteiger partial charge in [-0.2, -0.15) is 0 Å². The highest BCUT2D eigenvalue weighted by Gasteiger charge is 2.30. The second-order valence-corrected chi connectivity index (χ2v) is 7.06. The highest BCUT2D eigenvalue weighted by molar-refractivity contribution is 6.05. The fraction of sp³-hybridized carbons (Fsp3) is 0.0385. The first-order chi connectivity index (χ1) is 14.2. The van der Waals surface area contributed by atoms with Gasteiger partial charge in [0.15, 0.2) is 6.10 Å². The molecule has 4 aromatic carbocycles. The Bertz CT molecular complexity index is 1240. The number of hydrogen-bond acceptors (Lipinski definition) is 3. The maximum absolute atomic E-state index is 12.9. The molecule has 0 amide bonds. The third kappa shape index (κ3) is 2.97. The predicted octanol–water partition coefficient (Wildman–Crippen LogP) is 6.00. The van der Waals surface area contributed by atoms with Crippen LogP contribution >= 0.6 is 0 Å². The Morgan fingerprint density at radius 3 is 2.28 bits per heavy atom. The second kappa shape index (κ2) is 6.95. The molecule has 1 atom stereocenters. The van der Waals surface area contributed by atoms with Crippen molar-refractivity contribution >= 4 is 28.4 Å². The van der Waals surface area contributed by atoms with Gasteiger partial charge in [-0.25, -0.2) is 4.79 Å². The number of aromatic hydroxyl groups is 1. The summed E-state index contributed by atoms with van der Waals surface area (Å²) >= 11 is 0. The van der Waals surface area contributed by atoms with E-state index in [4.69, 9.17) is 4.74 Å². The lowest BCUT2D eigenvalue weighted by Crippen LogP contribution is -2.16. The molecule has 1 unspecified atom stereocenters. The zero-order valence-electron chi connectivity index (χ0n) is 15.6. The second-order valence-electron chi connectivity index (χ2n) is 7.06. The van der Waals surface area contributed by atoms with Crippen LogP contribution in [-0.4, -0.2) is 11.1 Å². The van der Waals surface area contributed by atoms with Crippen molar-refractivity contribution in [2.24, 2.45) is 0 Å². The smallest absolute Gasteiger partial charge is 0.339 e. The summed E-state index contributed by atoms with van der Waals surface area (Å²) in [4.78, 5) is 12.9. The molecule has 29 heavy (non-hydrogen) atoms. The first-order valence-electron chi connectivity index (χ1n) is 9.50. The molecule has 3 heteroatoms. The Morgan fingerprint density at radius 1 is 0.793 bits per heavy atom. The molecule has 0 aromatic heterocycles. The van der Waals surface area contributed by atoms with Gasteiger partial charge in [-0.05, 0) is 40.6 Å². The molecule has 0 spiro atoms. The van der Waals surface area contributed by atoms with E-state index >= 15 is 0 Å². The van der Waals surface area contributed by atoms with Crippen molar-refractivity contribution in [1.29, 1.82) is 0 Å². The average Bonchev–Trinajstić information content (AvgIpc) is 2.78. The fourth-order valence-corrected chi connectivity index (χ4v) is 3.93. The molecule has 0 fully saturated rings. The molecule has 0 aliphatic heterocycles. The number of phenolic OH excluding ortho intramolecular Hbond substituents is 1. The summed E-state index contributed by atoms with van der Waals surface area (Å²) in [7, 11) is 0. The summed E-state index contributed by atoms with van der Waals surface area (Å²) in [6.07, 6.45) is 1.37. The van der Waals surface area contributed by atoms with Crippen LogP contribution < -0.4 is 0 Å². The molecule has 1 aliphatic carbocycles. The minimum Gasteiger partial charge on any atom is -0.507 e. The third-order valence-electron chi connectivity index (χ3n) is 5.30. The first kappa shape index (κ1) is 17.3. The minimum absolute atomic E-state index is 0.214. The summed E-state index contributed by atoms with van der Waals surface area (Å²) in [5, 5.41) is 12.4.